The lowest BCUT2D eigenvalue weighted by Gasteiger charge is -2.45. The van der Waals surface area contributed by atoms with Crippen LogP contribution in [0.5, 0.6) is 0 Å². The molecule has 2 rings (SSSR count). The molecule has 5 nitrogen and oxygen atoms in total. The van der Waals surface area contributed by atoms with Gasteiger partial charge in [0.25, 0.3) is 0 Å². The minimum atomic E-state index is -0.680. The predicted octanol–water partition coefficient (Wildman–Crippen LogP) is 0.180. The highest BCUT2D eigenvalue weighted by molar-refractivity contribution is 7.80. The second-order valence-electron chi connectivity index (χ2n) is 5.01. The van der Waals surface area contributed by atoms with Crippen LogP contribution in [-0.4, -0.2) is 40.8 Å². The van der Waals surface area contributed by atoms with E-state index in [9.17, 15) is 9.59 Å². The molecule has 2 fully saturated rings. The van der Waals surface area contributed by atoms with Crippen molar-refractivity contribution in [1.82, 2.24) is 10.2 Å². The van der Waals surface area contributed by atoms with E-state index in [4.69, 9.17) is 18.0 Å². The van der Waals surface area contributed by atoms with Crippen LogP contribution in [0.1, 0.15) is 32.6 Å². The van der Waals surface area contributed by atoms with Gasteiger partial charge in [0.2, 0.25) is 11.8 Å². The summed E-state index contributed by atoms with van der Waals surface area (Å²) in [6.07, 6.45) is 3.02. The lowest BCUT2D eigenvalue weighted by atomic mass is 9.67. The number of amides is 2. The summed E-state index contributed by atoms with van der Waals surface area (Å²) in [5.74, 6) is -0.127. The second-order valence-corrected chi connectivity index (χ2v) is 5.45. The molecule has 1 saturated carbocycles. The van der Waals surface area contributed by atoms with Gasteiger partial charge >= 0.3 is 0 Å². The van der Waals surface area contributed by atoms with E-state index >= 15 is 0 Å². The summed E-state index contributed by atoms with van der Waals surface area (Å²) in [7, 11) is 0. The van der Waals surface area contributed by atoms with E-state index < -0.39 is 5.41 Å². The fourth-order valence-electron chi connectivity index (χ4n) is 2.73. The topological polar surface area (TPSA) is 75.4 Å². The number of nitrogens with one attached hydrogen (secondary N) is 1. The van der Waals surface area contributed by atoms with Crippen molar-refractivity contribution in [3.05, 3.63) is 0 Å². The molecular weight excluding hydrogens is 250 g/mol. The molecule has 1 heterocycles. The van der Waals surface area contributed by atoms with Gasteiger partial charge in [-0.2, -0.15) is 0 Å². The molecule has 3 N–H and O–H groups in total. The molecule has 0 radical (unpaired) electrons. The highest BCUT2D eigenvalue weighted by Crippen LogP contribution is 2.43. The standard InChI is InChI=1S/C12H19N3O2S/c1-2-8-9(16)14-6-7-15(8)11(17)12(10(13)18)4-3-5-12/h8H,2-7H2,1H3,(H2,13,18)(H,14,16). The van der Waals surface area contributed by atoms with Crippen molar-refractivity contribution in [2.75, 3.05) is 13.1 Å². The molecule has 1 atom stereocenters. The van der Waals surface area contributed by atoms with Crippen molar-refractivity contribution in [1.29, 1.82) is 0 Å². The maximum atomic E-state index is 12.6. The van der Waals surface area contributed by atoms with Crippen LogP contribution in [0, 0.1) is 5.41 Å². The molecule has 18 heavy (non-hydrogen) atoms. The lowest BCUT2D eigenvalue weighted by molar-refractivity contribution is -0.151. The third-order valence-corrected chi connectivity index (χ3v) is 4.46. The Bertz CT molecular complexity index is 393. The van der Waals surface area contributed by atoms with Crippen LogP contribution >= 0.6 is 12.2 Å². The molecule has 1 aliphatic carbocycles. The zero-order valence-corrected chi connectivity index (χ0v) is 11.4. The lowest BCUT2D eigenvalue weighted by Crippen LogP contribution is -2.63. The molecule has 1 unspecified atom stereocenters. The van der Waals surface area contributed by atoms with Gasteiger partial charge in [-0.3, -0.25) is 9.59 Å². The first kappa shape index (κ1) is 13.3. The Morgan fingerprint density at radius 1 is 1.61 bits per heavy atom. The van der Waals surface area contributed by atoms with Gasteiger partial charge < -0.3 is 16.0 Å². The number of hydrogen-bond donors (Lipinski definition) is 2. The second kappa shape index (κ2) is 4.84. The average Bonchev–Trinajstić information content (AvgIpc) is 2.26. The summed E-state index contributed by atoms with van der Waals surface area (Å²) in [4.78, 5) is 26.4. The van der Waals surface area contributed by atoms with Crippen LogP contribution in [0.15, 0.2) is 0 Å². The summed E-state index contributed by atoms with van der Waals surface area (Å²) < 4.78 is 0. The number of hydrogen-bond acceptors (Lipinski definition) is 3. The maximum absolute atomic E-state index is 12.6. The quantitative estimate of drug-likeness (QED) is 0.717. The highest BCUT2D eigenvalue weighted by atomic mass is 32.1. The SMILES string of the molecule is CCC1C(=O)NCCN1C(=O)C1(C(N)=S)CCC1. The minimum Gasteiger partial charge on any atom is -0.392 e. The van der Waals surface area contributed by atoms with Gasteiger partial charge in [0.15, 0.2) is 0 Å². The number of nitrogens with zero attached hydrogens (tertiary/aromatic N) is 1. The Morgan fingerprint density at radius 2 is 2.28 bits per heavy atom. The Hall–Kier alpha value is -1.17. The van der Waals surface area contributed by atoms with Crippen LogP contribution < -0.4 is 11.1 Å². The largest absolute Gasteiger partial charge is 0.392 e. The summed E-state index contributed by atoms with van der Waals surface area (Å²) in [5.41, 5.74) is 5.07. The van der Waals surface area contributed by atoms with Crippen LogP contribution in [0.3, 0.4) is 0 Å². The summed E-state index contributed by atoms with van der Waals surface area (Å²) >= 11 is 5.06. The zero-order chi connectivity index (χ0) is 13.3. The molecule has 0 bridgehead atoms. The molecule has 1 aliphatic heterocycles. The van der Waals surface area contributed by atoms with Gasteiger partial charge in [0.1, 0.15) is 6.04 Å². The Kier molecular flexibility index (Phi) is 3.56. The van der Waals surface area contributed by atoms with Crippen molar-refractivity contribution in [3.8, 4) is 0 Å². The number of carbonyl (C=O) groups excluding carboxylic acids is 2. The normalized spacial score (nSPS) is 26.2. The molecule has 0 spiro atoms. The third kappa shape index (κ3) is 1.88. The average molecular weight is 269 g/mol. The highest BCUT2D eigenvalue weighted by Gasteiger charge is 2.50. The molecule has 1 saturated heterocycles. The molecular formula is C12H19N3O2S. The van der Waals surface area contributed by atoms with E-state index in [0.29, 0.717) is 19.5 Å². The van der Waals surface area contributed by atoms with Gasteiger partial charge in [-0.05, 0) is 19.3 Å². The molecule has 2 aliphatic rings. The van der Waals surface area contributed by atoms with Gasteiger partial charge in [-0.1, -0.05) is 25.6 Å². The van der Waals surface area contributed by atoms with Crippen LogP contribution in [0.2, 0.25) is 0 Å². The number of thiocarbonyl (C=S) groups is 1. The van der Waals surface area contributed by atoms with Gasteiger partial charge in [-0.25, -0.2) is 0 Å². The van der Waals surface area contributed by atoms with Gasteiger partial charge in [-0.15, -0.1) is 0 Å². The van der Waals surface area contributed by atoms with Crippen molar-refractivity contribution in [3.63, 3.8) is 0 Å². The monoisotopic (exact) mass is 269 g/mol. The van der Waals surface area contributed by atoms with E-state index in [2.05, 4.69) is 5.32 Å². The first-order valence-electron chi connectivity index (χ1n) is 6.41. The third-order valence-electron chi connectivity index (χ3n) is 4.07. The van der Waals surface area contributed by atoms with E-state index in [1.54, 1.807) is 4.90 Å². The Balaban J connectivity index is 2.21. The zero-order valence-electron chi connectivity index (χ0n) is 10.6. The number of carbonyl (C=O) groups is 2. The predicted molar refractivity (Wildman–Crippen MR) is 71.9 cm³/mol. The number of piperazine rings is 1. The maximum Gasteiger partial charge on any atom is 0.242 e. The molecule has 0 aromatic rings. The fraction of sp³-hybridized carbons (Fsp3) is 0.750. The van der Waals surface area contributed by atoms with Crippen molar-refractivity contribution in [2.24, 2.45) is 11.1 Å². The van der Waals surface area contributed by atoms with Crippen molar-refractivity contribution in [2.45, 2.75) is 38.6 Å². The summed E-state index contributed by atoms with van der Waals surface area (Å²) in [6, 6.07) is -0.377. The molecule has 6 heteroatoms. The molecule has 2 amide bonds. The van der Waals surface area contributed by atoms with E-state index in [1.807, 2.05) is 6.92 Å². The van der Waals surface area contributed by atoms with Crippen LogP contribution in [0.4, 0.5) is 0 Å². The molecule has 0 aromatic heterocycles. The first-order valence-corrected chi connectivity index (χ1v) is 6.82. The Labute approximate surface area is 112 Å². The molecule has 100 valence electrons. The first-order chi connectivity index (χ1) is 8.53. The fourth-order valence-corrected chi connectivity index (χ4v) is 3.03. The van der Waals surface area contributed by atoms with Crippen molar-refractivity contribution >= 4 is 29.0 Å². The number of nitrogens with two attached hydrogens (primary N) is 1. The van der Waals surface area contributed by atoms with Gasteiger partial charge in [0.05, 0.1) is 10.4 Å². The van der Waals surface area contributed by atoms with E-state index in [-0.39, 0.29) is 22.8 Å². The summed E-state index contributed by atoms with van der Waals surface area (Å²) in [6.45, 7) is 2.96. The van der Waals surface area contributed by atoms with Crippen molar-refractivity contribution < 1.29 is 9.59 Å². The van der Waals surface area contributed by atoms with Crippen LogP contribution in [0.25, 0.3) is 0 Å². The smallest absolute Gasteiger partial charge is 0.242 e. The van der Waals surface area contributed by atoms with Crippen LogP contribution in [-0.2, 0) is 9.59 Å². The minimum absolute atomic E-state index is 0.0528. The molecule has 0 aromatic carbocycles. The van der Waals surface area contributed by atoms with E-state index in [1.165, 1.54) is 0 Å². The summed E-state index contributed by atoms with van der Waals surface area (Å²) in [5, 5.41) is 2.79. The Morgan fingerprint density at radius 3 is 2.72 bits per heavy atom. The van der Waals surface area contributed by atoms with Gasteiger partial charge in [0, 0.05) is 13.1 Å². The number of rotatable bonds is 3. The van der Waals surface area contributed by atoms with E-state index in [0.717, 1.165) is 19.3 Å².